The van der Waals surface area contributed by atoms with E-state index in [2.05, 4.69) is 4.90 Å². The molecule has 5 rings (SSSR count). The van der Waals surface area contributed by atoms with Crippen LogP contribution in [0.5, 0.6) is 17.2 Å². The Morgan fingerprint density at radius 3 is 2.50 bits per heavy atom. The first kappa shape index (κ1) is 21.7. The second kappa shape index (κ2) is 8.36. The summed E-state index contributed by atoms with van der Waals surface area (Å²) >= 11 is 0. The molecule has 1 aromatic carbocycles. The Bertz CT molecular complexity index is 1010. The van der Waals surface area contributed by atoms with Gasteiger partial charge in [-0.1, -0.05) is 0 Å². The Morgan fingerprint density at radius 2 is 1.81 bits per heavy atom. The number of sulfonamides is 1. The largest absolute Gasteiger partial charge is 0.492 e. The molecular formula is C21H29N3O7S. The second-order valence-electron chi connectivity index (χ2n) is 8.60. The van der Waals surface area contributed by atoms with Crippen LogP contribution in [0, 0.1) is 0 Å². The highest BCUT2D eigenvalue weighted by atomic mass is 32.2. The minimum absolute atomic E-state index is 0.0398. The van der Waals surface area contributed by atoms with E-state index in [0.717, 1.165) is 30.5 Å². The predicted molar refractivity (Wildman–Crippen MR) is 113 cm³/mol. The molecule has 0 aliphatic carbocycles. The Hall–Kier alpha value is -2.08. The van der Waals surface area contributed by atoms with Crippen LogP contribution in [0.25, 0.3) is 0 Å². The number of hydrogen-bond acceptors (Lipinski definition) is 8. The van der Waals surface area contributed by atoms with E-state index in [4.69, 9.17) is 18.9 Å². The summed E-state index contributed by atoms with van der Waals surface area (Å²) in [5, 5.41) is 0. The van der Waals surface area contributed by atoms with Crippen molar-refractivity contribution in [1.82, 2.24) is 14.1 Å². The SMILES string of the molecule is COc1c2c(c(S(=O)(=O)N3CCN(C(=O)[C@@H]4CCCO4)CC3)c3c1OCO3)CCN(C)C2. The first-order valence-electron chi connectivity index (χ1n) is 11.0. The third-order valence-corrected chi connectivity index (χ3v) is 8.66. The van der Waals surface area contributed by atoms with Crippen molar-refractivity contribution in [2.75, 3.05) is 60.3 Å². The Kier molecular flexibility index (Phi) is 5.68. The molecule has 0 saturated carbocycles. The number of fused-ring (bicyclic) bond motifs is 2. The minimum atomic E-state index is -3.85. The molecule has 1 aromatic rings. The van der Waals surface area contributed by atoms with E-state index in [1.807, 2.05) is 7.05 Å². The number of amides is 1. The normalized spacial score (nSPS) is 23.9. The number of carbonyl (C=O) groups is 1. The van der Waals surface area contributed by atoms with Crippen molar-refractivity contribution in [3.63, 3.8) is 0 Å². The second-order valence-corrected chi connectivity index (χ2v) is 10.5. The number of benzene rings is 1. The van der Waals surface area contributed by atoms with Crippen molar-refractivity contribution in [1.29, 1.82) is 0 Å². The lowest BCUT2D eigenvalue weighted by Gasteiger charge is -2.36. The molecule has 2 fully saturated rings. The lowest BCUT2D eigenvalue weighted by molar-refractivity contribution is -0.142. The van der Waals surface area contributed by atoms with Gasteiger partial charge in [0.05, 0.1) is 7.11 Å². The minimum Gasteiger partial charge on any atom is -0.492 e. The summed E-state index contributed by atoms with van der Waals surface area (Å²) in [6.07, 6.45) is 1.80. The van der Waals surface area contributed by atoms with E-state index in [-0.39, 0.29) is 36.4 Å². The summed E-state index contributed by atoms with van der Waals surface area (Å²) in [5.74, 6) is 1.10. The number of carbonyl (C=O) groups excluding carboxylic acids is 1. The number of hydrogen-bond donors (Lipinski definition) is 0. The lowest BCUT2D eigenvalue weighted by Crippen LogP contribution is -2.52. The van der Waals surface area contributed by atoms with Crippen molar-refractivity contribution < 1.29 is 32.2 Å². The van der Waals surface area contributed by atoms with Gasteiger partial charge in [0.15, 0.2) is 11.5 Å². The lowest BCUT2D eigenvalue weighted by atomic mass is 9.97. The molecule has 2 saturated heterocycles. The summed E-state index contributed by atoms with van der Waals surface area (Å²) in [6, 6.07) is 0. The summed E-state index contributed by atoms with van der Waals surface area (Å²) in [6.45, 7) is 3.03. The van der Waals surface area contributed by atoms with Crippen molar-refractivity contribution in [3.05, 3.63) is 11.1 Å². The van der Waals surface area contributed by atoms with Gasteiger partial charge in [0.1, 0.15) is 11.0 Å². The van der Waals surface area contributed by atoms with Crippen molar-refractivity contribution >= 4 is 15.9 Å². The Balaban J connectivity index is 1.45. The van der Waals surface area contributed by atoms with Crippen LogP contribution in [0.3, 0.4) is 0 Å². The van der Waals surface area contributed by atoms with Crippen LogP contribution < -0.4 is 14.2 Å². The van der Waals surface area contributed by atoms with Gasteiger partial charge in [-0.15, -0.1) is 0 Å². The van der Waals surface area contributed by atoms with E-state index in [1.165, 1.54) is 4.31 Å². The molecule has 4 aliphatic rings. The summed E-state index contributed by atoms with van der Waals surface area (Å²) in [7, 11) is -0.303. The van der Waals surface area contributed by atoms with Gasteiger partial charge in [0.2, 0.25) is 22.6 Å². The molecule has 0 aromatic heterocycles. The number of likely N-dealkylation sites (N-methyl/N-ethyl adjacent to an activating group) is 1. The fraction of sp³-hybridized carbons (Fsp3) is 0.667. The smallest absolute Gasteiger partial charge is 0.251 e. The zero-order valence-electron chi connectivity index (χ0n) is 18.5. The van der Waals surface area contributed by atoms with Crippen molar-refractivity contribution in [2.24, 2.45) is 0 Å². The average Bonchev–Trinajstić information content (AvgIpc) is 3.49. The van der Waals surface area contributed by atoms with Gasteiger partial charge in [-0.2, -0.15) is 4.31 Å². The zero-order valence-corrected chi connectivity index (χ0v) is 19.3. The summed E-state index contributed by atoms with van der Waals surface area (Å²) in [5.41, 5.74) is 1.57. The number of nitrogens with zero attached hydrogens (tertiary/aromatic N) is 3. The van der Waals surface area contributed by atoms with Crippen LogP contribution in [-0.4, -0.2) is 94.8 Å². The number of methoxy groups -OCH3 is 1. The van der Waals surface area contributed by atoms with E-state index >= 15 is 0 Å². The van der Waals surface area contributed by atoms with Gasteiger partial charge in [-0.05, 0) is 31.9 Å². The molecular weight excluding hydrogens is 438 g/mol. The molecule has 11 heteroatoms. The average molecular weight is 468 g/mol. The van der Waals surface area contributed by atoms with Crippen LogP contribution in [0.4, 0.5) is 0 Å². The predicted octanol–water partition coefficient (Wildman–Crippen LogP) is 0.424. The van der Waals surface area contributed by atoms with Crippen LogP contribution in [0.15, 0.2) is 4.90 Å². The van der Waals surface area contributed by atoms with Gasteiger partial charge < -0.3 is 28.7 Å². The fourth-order valence-corrected chi connectivity index (χ4v) is 6.81. The number of rotatable bonds is 4. The highest BCUT2D eigenvalue weighted by molar-refractivity contribution is 7.89. The quantitative estimate of drug-likeness (QED) is 0.629. The van der Waals surface area contributed by atoms with Gasteiger partial charge in [0.25, 0.3) is 5.91 Å². The standard InChI is InChI=1S/C21H29N3O7S/c1-22-6-5-14-15(12-22)17(28-2)18-19(31-13-30-18)20(14)32(26,27)24-9-7-23(8-10-24)21(25)16-4-3-11-29-16/h16H,3-13H2,1-2H3/t16-/m0/s1. The van der Waals surface area contributed by atoms with Crippen LogP contribution in [0.1, 0.15) is 24.0 Å². The molecule has 4 aliphatic heterocycles. The molecule has 176 valence electrons. The molecule has 0 radical (unpaired) electrons. The Morgan fingerprint density at radius 1 is 1.06 bits per heavy atom. The molecule has 0 spiro atoms. The molecule has 4 heterocycles. The van der Waals surface area contributed by atoms with Gasteiger partial charge in [-0.25, -0.2) is 8.42 Å². The molecule has 0 N–H and O–H groups in total. The number of ether oxygens (including phenoxy) is 4. The molecule has 1 atom stereocenters. The maximum absolute atomic E-state index is 13.8. The van der Waals surface area contributed by atoms with Crippen molar-refractivity contribution in [3.8, 4) is 17.2 Å². The van der Waals surface area contributed by atoms with Gasteiger partial charge in [-0.3, -0.25) is 4.79 Å². The third kappa shape index (κ3) is 3.51. The molecule has 10 nitrogen and oxygen atoms in total. The Labute approximate surface area is 188 Å². The summed E-state index contributed by atoms with van der Waals surface area (Å²) in [4.78, 5) is 16.7. The van der Waals surface area contributed by atoms with Crippen LogP contribution in [0.2, 0.25) is 0 Å². The van der Waals surface area contributed by atoms with Gasteiger partial charge >= 0.3 is 0 Å². The maximum Gasteiger partial charge on any atom is 0.251 e. The zero-order chi connectivity index (χ0) is 22.5. The first-order chi connectivity index (χ1) is 15.4. The first-order valence-corrected chi connectivity index (χ1v) is 12.5. The van der Waals surface area contributed by atoms with E-state index in [0.29, 0.717) is 44.2 Å². The summed E-state index contributed by atoms with van der Waals surface area (Å²) < 4.78 is 51.6. The number of piperazine rings is 1. The fourth-order valence-electron chi connectivity index (χ4n) is 4.99. The topological polar surface area (TPSA) is 97.9 Å². The van der Waals surface area contributed by atoms with Gasteiger partial charge in [0, 0.05) is 51.4 Å². The molecule has 1 amide bonds. The molecule has 32 heavy (non-hydrogen) atoms. The van der Waals surface area contributed by atoms with E-state index < -0.39 is 16.1 Å². The van der Waals surface area contributed by atoms with E-state index in [1.54, 1.807) is 12.0 Å². The maximum atomic E-state index is 13.8. The highest BCUT2D eigenvalue weighted by Gasteiger charge is 2.41. The van der Waals surface area contributed by atoms with Crippen molar-refractivity contribution in [2.45, 2.75) is 36.8 Å². The highest BCUT2D eigenvalue weighted by Crippen LogP contribution is 2.51. The monoisotopic (exact) mass is 467 g/mol. The van der Waals surface area contributed by atoms with Crippen LogP contribution in [-0.2, 0) is 32.5 Å². The third-order valence-electron chi connectivity index (χ3n) is 6.67. The molecule has 0 bridgehead atoms. The van der Waals surface area contributed by atoms with E-state index in [9.17, 15) is 13.2 Å². The van der Waals surface area contributed by atoms with Crippen LogP contribution >= 0.6 is 0 Å². The molecule has 0 unspecified atom stereocenters.